The molecule has 0 radical (unpaired) electrons. The normalized spacial score (nSPS) is 10.5. The van der Waals surface area contributed by atoms with Crippen LogP contribution in [0.5, 0.6) is 0 Å². The monoisotopic (exact) mass is 375 g/mol. The summed E-state index contributed by atoms with van der Waals surface area (Å²) >= 11 is 0. The van der Waals surface area contributed by atoms with Crippen LogP contribution in [0.1, 0.15) is 38.8 Å². The van der Waals surface area contributed by atoms with Crippen molar-refractivity contribution >= 4 is 17.5 Å². The number of primary amides is 1. The van der Waals surface area contributed by atoms with Gasteiger partial charge in [0.15, 0.2) is 0 Å². The van der Waals surface area contributed by atoms with Crippen molar-refractivity contribution in [2.24, 2.45) is 5.73 Å². The van der Waals surface area contributed by atoms with Crippen molar-refractivity contribution in [1.29, 1.82) is 0 Å². The van der Waals surface area contributed by atoms with Crippen molar-refractivity contribution in [2.45, 2.75) is 19.9 Å². The van der Waals surface area contributed by atoms with Gasteiger partial charge in [-0.15, -0.1) is 0 Å². The summed E-state index contributed by atoms with van der Waals surface area (Å²) < 4.78 is 1.48. The van der Waals surface area contributed by atoms with Gasteiger partial charge in [-0.25, -0.2) is 0 Å². The van der Waals surface area contributed by atoms with Crippen LogP contribution in [0.15, 0.2) is 71.7 Å². The third-order valence-electron chi connectivity index (χ3n) is 4.47. The Labute approximate surface area is 162 Å². The first-order valence-corrected chi connectivity index (χ1v) is 8.96. The topological polar surface area (TPSA) is 94.2 Å². The fraction of sp³-hybridized carbons (Fsp3) is 0.136. The molecule has 0 atom stereocenters. The quantitative estimate of drug-likeness (QED) is 0.694. The number of hydrogen-bond donors (Lipinski definition) is 2. The van der Waals surface area contributed by atoms with Crippen molar-refractivity contribution < 1.29 is 9.59 Å². The van der Waals surface area contributed by atoms with Gasteiger partial charge in [-0.05, 0) is 35.7 Å². The van der Waals surface area contributed by atoms with E-state index >= 15 is 0 Å². The average molecular weight is 375 g/mol. The maximum atomic E-state index is 12.6. The highest BCUT2D eigenvalue weighted by molar-refractivity contribution is 6.08. The molecule has 142 valence electrons. The first-order valence-electron chi connectivity index (χ1n) is 8.96. The number of benzene rings is 2. The van der Waals surface area contributed by atoms with E-state index in [1.165, 1.54) is 28.5 Å². The number of aryl methyl sites for hydroxylation is 1. The Bertz CT molecular complexity index is 1070. The number of hydrogen-bond acceptors (Lipinski definition) is 3. The van der Waals surface area contributed by atoms with E-state index in [1.54, 1.807) is 24.3 Å². The first kappa shape index (κ1) is 19.1. The smallest absolute Gasteiger partial charge is 0.257 e. The number of carbonyl (C=O) groups is 2. The van der Waals surface area contributed by atoms with Crippen molar-refractivity contribution in [2.75, 3.05) is 5.32 Å². The summed E-state index contributed by atoms with van der Waals surface area (Å²) in [4.78, 5) is 36.3. The molecule has 0 spiro atoms. The van der Waals surface area contributed by atoms with Crippen molar-refractivity contribution in [3.8, 4) is 0 Å². The van der Waals surface area contributed by atoms with Crippen molar-refractivity contribution in [1.82, 2.24) is 4.57 Å². The number of nitrogens with zero attached hydrogens (tertiary/aromatic N) is 1. The summed E-state index contributed by atoms with van der Waals surface area (Å²) in [6.45, 7) is 2.44. The molecule has 3 aromatic rings. The number of rotatable bonds is 6. The molecule has 2 amide bonds. The van der Waals surface area contributed by atoms with E-state index in [2.05, 4.69) is 12.2 Å². The lowest BCUT2D eigenvalue weighted by molar-refractivity contribution is 0.100. The first-order chi connectivity index (χ1) is 13.5. The Balaban J connectivity index is 1.83. The minimum Gasteiger partial charge on any atom is -0.366 e. The number of nitrogens with two attached hydrogens (primary N) is 1. The molecule has 0 aliphatic heterocycles. The number of amides is 2. The van der Waals surface area contributed by atoms with E-state index in [0.717, 1.165) is 12.0 Å². The van der Waals surface area contributed by atoms with E-state index in [1.807, 2.05) is 24.3 Å². The molecule has 1 aromatic heterocycles. The summed E-state index contributed by atoms with van der Waals surface area (Å²) in [5.41, 5.74) is 8.19. The number of para-hydroxylation sites is 1. The van der Waals surface area contributed by atoms with E-state index in [9.17, 15) is 14.4 Å². The highest BCUT2D eigenvalue weighted by Gasteiger charge is 2.13. The van der Waals surface area contributed by atoms with Gasteiger partial charge >= 0.3 is 0 Å². The fourth-order valence-corrected chi connectivity index (χ4v) is 2.87. The summed E-state index contributed by atoms with van der Waals surface area (Å²) in [7, 11) is 0. The Hall–Kier alpha value is -3.67. The molecule has 2 aromatic carbocycles. The van der Waals surface area contributed by atoms with E-state index < -0.39 is 11.8 Å². The van der Waals surface area contributed by atoms with Crippen LogP contribution in [0.2, 0.25) is 0 Å². The molecular formula is C22H21N3O3. The lowest BCUT2D eigenvalue weighted by Crippen LogP contribution is -2.23. The van der Waals surface area contributed by atoms with E-state index in [4.69, 9.17) is 5.73 Å². The van der Waals surface area contributed by atoms with Gasteiger partial charge in [-0.3, -0.25) is 14.4 Å². The number of carbonyl (C=O) groups excluding carboxylic acids is 2. The summed E-state index contributed by atoms with van der Waals surface area (Å²) in [5, 5.41) is 2.68. The molecular weight excluding hydrogens is 354 g/mol. The van der Waals surface area contributed by atoms with Crippen LogP contribution in [-0.4, -0.2) is 16.4 Å². The predicted molar refractivity (Wildman–Crippen MR) is 109 cm³/mol. The van der Waals surface area contributed by atoms with Crippen LogP contribution < -0.4 is 16.6 Å². The highest BCUT2D eigenvalue weighted by Crippen LogP contribution is 2.15. The zero-order valence-corrected chi connectivity index (χ0v) is 15.5. The SMILES string of the molecule is CCc1ccc(Cn2cc(C(=O)Nc3ccccc3C(N)=O)ccc2=O)cc1. The van der Waals surface area contributed by atoms with Gasteiger partial charge < -0.3 is 15.6 Å². The largest absolute Gasteiger partial charge is 0.366 e. The molecule has 0 aliphatic rings. The van der Waals surface area contributed by atoms with Gasteiger partial charge in [0.1, 0.15) is 0 Å². The Kier molecular flexibility index (Phi) is 5.69. The van der Waals surface area contributed by atoms with E-state index in [-0.39, 0.29) is 11.1 Å². The van der Waals surface area contributed by atoms with Crippen molar-refractivity contribution in [3.05, 3.63) is 99.5 Å². The lowest BCUT2D eigenvalue weighted by atomic mass is 10.1. The summed E-state index contributed by atoms with van der Waals surface area (Å²) in [6, 6.07) is 17.3. The van der Waals surface area contributed by atoms with Crippen LogP contribution in [0, 0.1) is 0 Å². The van der Waals surface area contributed by atoms with Crippen molar-refractivity contribution in [3.63, 3.8) is 0 Å². The van der Waals surface area contributed by atoms with E-state index in [0.29, 0.717) is 17.8 Å². The van der Waals surface area contributed by atoms with Crippen LogP contribution in [-0.2, 0) is 13.0 Å². The Morgan fingerprint density at radius 3 is 2.32 bits per heavy atom. The predicted octanol–water partition coefficient (Wildman–Crippen LogP) is 2.81. The summed E-state index contributed by atoms with van der Waals surface area (Å²) in [6.07, 6.45) is 2.46. The molecule has 6 heteroatoms. The number of pyridine rings is 1. The molecule has 3 N–H and O–H groups in total. The van der Waals surface area contributed by atoms with Gasteiger partial charge in [-0.2, -0.15) is 0 Å². The van der Waals surface area contributed by atoms with Crippen LogP contribution in [0.4, 0.5) is 5.69 Å². The van der Waals surface area contributed by atoms with Gasteiger partial charge in [0.05, 0.1) is 23.4 Å². The van der Waals surface area contributed by atoms with Gasteiger partial charge in [0.25, 0.3) is 17.4 Å². The molecule has 0 saturated carbocycles. The molecule has 1 heterocycles. The van der Waals surface area contributed by atoms with Crippen LogP contribution in [0.3, 0.4) is 0 Å². The molecule has 0 unspecified atom stereocenters. The molecule has 3 rings (SSSR count). The lowest BCUT2D eigenvalue weighted by Gasteiger charge is -2.11. The van der Waals surface area contributed by atoms with Gasteiger partial charge in [0, 0.05) is 12.3 Å². The fourth-order valence-electron chi connectivity index (χ4n) is 2.87. The van der Waals surface area contributed by atoms with Gasteiger partial charge in [-0.1, -0.05) is 43.3 Å². The molecule has 0 saturated heterocycles. The number of aromatic nitrogens is 1. The van der Waals surface area contributed by atoms with Crippen LogP contribution >= 0.6 is 0 Å². The molecule has 0 aliphatic carbocycles. The van der Waals surface area contributed by atoms with Crippen LogP contribution in [0.25, 0.3) is 0 Å². The molecule has 6 nitrogen and oxygen atoms in total. The molecule has 0 bridgehead atoms. The number of nitrogens with one attached hydrogen (secondary N) is 1. The molecule has 0 fully saturated rings. The zero-order chi connectivity index (χ0) is 20.1. The highest BCUT2D eigenvalue weighted by atomic mass is 16.2. The maximum Gasteiger partial charge on any atom is 0.257 e. The Morgan fingerprint density at radius 2 is 1.64 bits per heavy atom. The minimum absolute atomic E-state index is 0.200. The second-order valence-electron chi connectivity index (χ2n) is 6.42. The van der Waals surface area contributed by atoms with Gasteiger partial charge in [0.2, 0.25) is 0 Å². The third kappa shape index (κ3) is 4.35. The molecule has 28 heavy (non-hydrogen) atoms. The maximum absolute atomic E-state index is 12.6. The zero-order valence-electron chi connectivity index (χ0n) is 15.5. The third-order valence-corrected chi connectivity index (χ3v) is 4.47. The standard InChI is InChI=1S/C22H21N3O3/c1-2-15-7-9-16(10-8-15)13-25-14-17(11-12-20(25)26)22(28)24-19-6-4-3-5-18(19)21(23)27/h3-12,14H,2,13H2,1H3,(H2,23,27)(H,24,28). The minimum atomic E-state index is -0.628. The summed E-state index contributed by atoms with van der Waals surface area (Å²) in [5.74, 6) is -1.06. The number of anilines is 1. The second-order valence-corrected chi connectivity index (χ2v) is 6.42. The second kappa shape index (κ2) is 8.35. The average Bonchev–Trinajstić information content (AvgIpc) is 2.70. The Morgan fingerprint density at radius 1 is 0.964 bits per heavy atom.